The van der Waals surface area contributed by atoms with Crippen molar-refractivity contribution in [2.24, 2.45) is 0 Å². The maximum Gasteiger partial charge on any atom is 0.447 e. The third-order valence-electron chi connectivity index (χ3n) is 5.66. The normalized spacial score (nSPS) is 14.1. The number of pyridine rings is 1. The minimum atomic E-state index is -4.51. The van der Waals surface area contributed by atoms with E-state index in [-0.39, 0.29) is 41.0 Å². The summed E-state index contributed by atoms with van der Waals surface area (Å²) in [5.74, 6) is 5.82. The van der Waals surface area contributed by atoms with Crippen LogP contribution in [0.25, 0.3) is 5.65 Å². The van der Waals surface area contributed by atoms with Crippen molar-refractivity contribution in [2.45, 2.75) is 29.4 Å². The Kier molecular flexibility index (Phi) is 8.35. The van der Waals surface area contributed by atoms with Crippen molar-refractivity contribution >= 4 is 34.7 Å². The number of benzene rings is 1. The fraction of sp³-hybridized carbons (Fsp3) is 0.360. The van der Waals surface area contributed by atoms with Crippen LogP contribution in [-0.2, 0) is 4.74 Å². The average molecular weight is 534 g/mol. The van der Waals surface area contributed by atoms with Gasteiger partial charge in [-0.25, -0.2) is 4.98 Å². The molecule has 3 N–H and O–H groups in total. The van der Waals surface area contributed by atoms with Crippen molar-refractivity contribution in [3.05, 3.63) is 47.8 Å². The van der Waals surface area contributed by atoms with E-state index in [0.29, 0.717) is 41.5 Å². The molecule has 0 radical (unpaired) electrons. The van der Waals surface area contributed by atoms with E-state index in [4.69, 9.17) is 9.47 Å². The van der Waals surface area contributed by atoms with E-state index in [1.54, 1.807) is 36.5 Å². The number of hydrogen-bond donors (Lipinski definition) is 3. The molecule has 0 aliphatic carbocycles. The van der Waals surface area contributed by atoms with Crippen LogP contribution in [-0.4, -0.2) is 60.8 Å². The van der Waals surface area contributed by atoms with Gasteiger partial charge in [0, 0.05) is 49.8 Å². The molecule has 196 valence electrons. The second-order valence-electron chi connectivity index (χ2n) is 8.11. The first kappa shape index (κ1) is 26.5. The summed E-state index contributed by atoms with van der Waals surface area (Å²) < 4.78 is 52.3. The Labute approximate surface area is 216 Å². The van der Waals surface area contributed by atoms with Crippen molar-refractivity contribution in [3.8, 4) is 17.6 Å². The van der Waals surface area contributed by atoms with E-state index < -0.39 is 5.51 Å². The zero-order valence-corrected chi connectivity index (χ0v) is 21.1. The molecular weight excluding hydrogens is 507 g/mol. The van der Waals surface area contributed by atoms with Gasteiger partial charge in [0.05, 0.1) is 25.0 Å². The molecule has 0 unspecified atom stereocenters. The second-order valence-corrected chi connectivity index (χ2v) is 9.16. The van der Waals surface area contributed by atoms with Crippen molar-refractivity contribution in [1.29, 1.82) is 0 Å². The lowest BCUT2D eigenvalue weighted by Crippen LogP contribution is -2.28. The molecule has 4 rings (SSSR count). The molecule has 0 saturated carbocycles. The maximum absolute atomic E-state index is 13.4. The average Bonchev–Trinajstić information content (AvgIpc) is 3.23. The lowest BCUT2D eigenvalue weighted by atomic mass is 10.1. The number of ether oxygens (including phenoxy) is 2. The summed E-state index contributed by atoms with van der Waals surface area (Å²) in [6.07, 6.45) is 3.16. The van der Waals surface area contributed by atoms with Crippen molar-refractivity contribution in [2.75, 3.05) is 44.5 Å². The SMILES string of the molecule is CNC(=O)c1ccc(NCC#Cc2nc3c(NC4CCOCC4)cccn3c2SC(F)(F)F)c(OC)c1. The van der Waals surface area contributed by atoms with Crippen molar-refractivity contribution in [1.82, 2.24) is 14.7 Å². The van der Waals surface area contributed by atoms with Crippen molar-refractivity contribution < 1.29 is 27.4 Å². The quantitative estimate of drug-likeness (QED) is 0.307. The number of carbonyl (C=O) groups excluding carboxylic acids is 1. The van der Waals surface area contributed by atoms with Crippen LogP contribution >= 0.6 is 11.8 Å². The number of carbonyl (C=O) groups is 1. The topological polar surface area (TPSA) is 88.9 Å². The summed E-state index contributed by atoms with van der Waals surface area (Å²) in [7, 11) is 3.01. The van der Waals surface area contributed by atoms with Gasteiger partial charge in [-0.1, -0.05) is 5.92 Å². The summed E-state index contributed by atoms with van der Waals surface area (Å²) >= 11 is -0.243. The van der Waals surface area contributed by atoms with Gasteiger partial charge in [-0.05, 0) is 49.1 Å². The molecule has 37 heavy (non-hydrogen) atoms. The first-order valence-corrected chi connectivity index (χ1v) is 12.3. The Morgan fingerprint density at radius 2 is 2.05 bits per heavy atom. The lowest BCUT2D eigenvalue weighted by molar-refractivity contribution is -0.0330. The molecule has 12 heteroatoms. The van der Waals surface area contributed by atoms with Crippen LogP contribution in [0.3, 0.4) is 0 Å². The molecule has 1 aliphatic heterocycles. The molecule has 1 aromatic carbocycles. The fourth-order valence-corrected chi connectivity index (χ4v) is 4.56. The maximum atomic E-state index is 13.4. The molecule has 0 atom stereocenters. The Balaban J connectivity index is 1.58. The van der Waals surface area contributed by atoms with E-state index in [1.807, 2.05) is 0 Å². The number of nitrogens with zero attached hydrogens (tertiary/aromatic N) is 2. The molecule has 3 aromatic rings. The monoisotopic (exact) mass is 533 g/mol. The van der Waals surface area contributed by atoms with Crippen molar-refractivity contribution in [3.63, 3.8) is 0 Å². The molecule has 2 aromatic heterocycles. The van der Waals surface area contributed by atoms with E-state index >= 15 is 0 Å². The summed E-state index contributed by atoms with van der Waals surface area (Å²) in [6, 6.07) is 8.53. The smallest absolute Gasteiger partial charge is 0.447 e. The van der Waals surface area contributed by atoms with Crippen LogP contribution < -0.4 is 20.7 Å². The van der Waals surface area contributed by atoms with Gasteiger partial charge in [-0.15, -0.1) is 0 Å². The van der Waals surface area contributed by atoms with Gasteiger partial charge in [-0.3, -0.25) is 9.20 Å². The number of imidazole rings is 1. The number of amides is 1. The standard InChI is InChI=1S/C25H26F3N5O3S/c1-29-23(34)16-7-8-18(21(15-16)35-2)30-11-3-5-20-24(37-25(26,27)28)33-12-4-6-19(22(33)32-20)31-17-9-13-36-14-10-17/h4,6-8,12,15,17,30-31H,9-11,13-14H2,1-2H3,(H,29,34). The number of hydrogen-bond acceptors (Lipinski definition) is 7. The van der Waals surface area contributed by atoms with Gasteiger partial charge >= 0.3 is 5.51 Å². The molecule has 1 amide bonds. The number of thioether (sulfide) groups is 1. The van der Waals surface area contributed by atoms with Gasteiger partial charge in [0.25, 0.3) is 5.91 Å². The number of nitrogens with one attached hydrogen (secondary N) is 3. The molecular formula is C25H26F3N5O3S. The zero-order chi connectivity index (χ0) is 26.4. The number of methoxy groups -OCH3 is 1. The minimum absolute atomic E-state index is 0.0345. The van der Waals surface area contributed by atoms with Crippen LogP contribution in [0.4, 0.5) is 24.5 Å². The summed E-state index contributed by atoms with van der Waals surface area (Å²) in [4.78, 5) is 16.3. The highest BCUT2D eigenvalue weighted by Crippen LogP contribution is 2.39. The van der Waals surface area contributed by atoms with Gasteiger partial charge in [0.1, 0.15) is 16.5 Å². The fourth-order valence-electron chi connectivity index (χ4n) is 3.90. The number of fused-ring (bicyclic) bond motifs is 1. The Hall–Kier alpha value is -3.56. The van der Waals surface area contributed by atoms with Gasteiger partial charge in [0.15, 0.2) is 5.65 Å². The lowest BCUT2D eigenvalue weighted by Gasteiger charge is -2.24. The first-order chi connectivity index (χ1) is 17.8. The van der Waals surface area contributed by atoms with E-state index in [2.05, 4.69) is 32.8 Å². The van der Waals surface area contributed by atoms with E-state index in [0.717, 1.165) is 12.8 Å². The molecule has 1 fully saturated rings. The number of aromatic nitrogens is 2. The van der Waals surface area contributed by atoms with Crippen LogP contribution in [0.1, 0.15) is 28.9 Å². The molecule has 1 aliphatic rings. The number of anilines is 2. The molecule has 8 nitrogen and oxygen atoms in total. The van der Waals surface area contributed by atoms with E-state index in [9.17, 15) is 18.0 Å². The van der Waals surface area contributed by atoms with Crippen LogP contribution in [0, 0.1) is 11.8 Å². The highest BCUT2D eigenvalue weighted by atomic mass is 32.2. The molecule has 3 heterocycles. The predicted octanol–water partition coefficient (Wildman–Crippen LogP) is 4.37. The highest BCUT2D eigenvalue weighted by Gasteiger charge is 2.33. The summed E-state index contributed by atoms with van der Waals surface area (Å²) in [5, 5.41) is 8.90. The van der Waals surface area contributed by atoms with Crippen LogP contribution in [0.2, 0.25) is 0 Å². The zero-order valence-electron chi connectivity index (χ0n) is 20.2. The minimum Gasteiger partial charge on any atom is -0.495 e. The Morgan fingerprint density at radius 3 is 2.76 bits per heavy atom. The first-order valence-electron chi connectivity index (χ1n) is 11.5. The largest absolute Gasteiger partial charge is 0.495 e. The summed E-state index contributed by atoms with van der Waals surface area (Å²) in [5.41, 5.74) is -2.43. The number of halogens is 3. The highest BCUT2D eigenvalue weighted by molar-refractivity contribution is 8.00. The molecule has 1 saturated heterocycles. The van der Waals surface area contributed by atoms with Crippen LogP contribution in [0.15, 0.2) is 41.6 Å². The van der Waals surface area contributed by atoms with Gasteiger partial charge in [-0.2, -0.15) is 13.2 Å². The number of rotatable bonds is 7. The molecule has 0 bridgehead atoms. The third-order valence-corrected chi connectivity index (χ3v) is 6.48. The Morgan fingerprint density at radius 1 is 1.27 bits per heavy atom. The summed E-state index contributed by atoms with van der Waals surface area (Å²) in [6.45, 7) is 1.38. The third kappa shape index (κ3) is 6.61. The second kappa shape index (κ2) is 11.7. The predicted molar refractivity (Wildman–Crippen MR) is 136 cm³/mol. The number of alkyl halides is 3. The van der Waals surface area contributed by atoms with Crippen LogP contribution in [0.5, 0.6) is 5.75 Å². The van der Waals surface area contributed by atoms with Gasteiger partial charge in [0.2, 0.25) is 0 Å². The molecule has 0 spiro atoms. The van der Waals surface area contributed by atoms with E-state index in [1.165, 1.54) is 18.6 Å². The Bertz CT molecular complexity index is 1330. The van der Waals surface area contributed by atoms with Gasteiger partial charge < -0.3 is 25.4 Å².